The number of nitrogens with one attached hydrogen (secondary N) is 1. The summed E-state index contributed by atoms with van der Waals surface area (Å²) in [5, 5.41) is 11.7. The van der Waals surface area contributed by atoms with Crippen LogP contribution in [0, 0.1) is 16.7 Å². The molecule has 5 nitrogen and oxygen atoms in total. The Kier molecular flexibility index (Phi) is 3.84. The van der Waals surface area contributed by atoms with Gasteiger partial charge in [0.15, 0.2) is 0 Å². The minimum absolute atomic E-state index is 0.111. The van der Waals surface area contributed by atoms with Crippen molar-refractivity contribution in [1.82, 2.24) is 5.32 Å². The summed E-state index contributed by atoms with van der Waals surface area (Å²) in [6.07, 6.45) is 0. The van der Waals surface area contributed by atoms with Gasteiger partial charge in [-0.05, 0) is 24.6 Å². The zero-order valence-electron chi connectivity index (χ0n) is 10.8. The number of nitrogens with two attached hydrogens (primary N) is 1. The van der Waals surface area contributed by atoms with Crippen LogP contribution in [0.1, 0.15) is 18.1 Å². The van der Waals surface area contributed by atoms with Crippen molar-refractivity contribution >= 4 is 5.91 Å². The molecule has 1 aromatic rings. The topological polar surface area (TPSA) is 88.1 Å². The monoisotopic (exact) mass is 259 g/mol. The van der Waals surface area contributed by atoms with E-state index in [0.717, 1.165) is 5.56 Å². The normalized spacial score (nSPS) is 25.8. The lowest BCUT2D eigenvalue weighted by Crippen LogP contribution is -2.49. The third kappa shape index (κ3) is 2.75. The number of rotatable bonds is 3. The summed E-state index contributed by atoms with van der Waals surface area (Å²) < 4.78 is 5.25. The average molecular weight is 259 g/mol. The van der Waals surface area contributed by atoms with Crippen molar-refractivity contribution in [2.45, 2.75) is 19.5 Å². The molecule has 1 saturated heterocycles. The van der Waals surface area contributed by atoms with Crippen LogP contribution in [0.3, 0.4) is 0 Å². The van der Waals surface area contributed by atoms with Crippen molar-refractivity contribution in [2.75, 3.05) is 13.2 Å². The minimum atomic E-state index is -0.674. The van der Waals surface area contributed by atoms with Gasteiger partial charge in [-0.15, -0.1) is 0 Å². The van der Waals surface area contributed by atoms with Crippen LogP contribution in [0.2, 0.25) is 0 Å². The smallest absolute Gasteiger partial charge is 0.230 e. The zero-order valence-corrected chi connectivity index (χ0v) is 10.8. The molecule has 1 amide bonds. The molecule has 1 aliphatic heterocycles. The molecule has 0 spiro atoms. The van der Waals surface area contributed by atoms with Crippen LogP contribution >= 0.6 is 0 Å². The molecule has 0 aliphatic carbocycles. The van der Waals surface area contributed by atoms with Crippen molar-refractivity contribution in [3.8, 4) is 6.07 Å². The quantitative estimate of drug-likeness (QED) is 0.829. The lowest BCUT2D eigenvalue weighted by molar-refractivity contribution is -0.130. The van der Waals surface area contributed by atoms with Crippen molar-refractivity contribution in [3.05, 3.63) is 35.4 Å². The summed E-state index contributed by atoms with van der Waals surface area (Å²) in [4.78, 5) is 12.2. The van der Waals surface area contributed by atoms with Gasteiger partial charge in [0.25, 0.3) is 0 Å². The number of ether oxygens (including phenoxy) is 1. The molecule has 0 aromatic heterocycles. The van der Waals surface area contributed by atoms with Crippen LogP contribution in [0.5, 0.6) is 0 Å². The average Bonchev–Trinajstić information content (AvgIpc) is 2.77. The molecule has 2 atom stereocenters. The predicted octanol–water partition coefficient (Wildman–Crippen LogP) is 0.538. The van der Waals surface area contributed by atoms with Crippen molar-refractivity contribution in [2.24, 2.45) is 11.1 Å². The van der Waals surface area contributed by atoms with Gasteiger partial charge in [-0.25, -0.2) is 0 Å². The highest BCUT2D eigenvalue weighted by molar-refractivity contribution is 5.83. The fourth-order valence-corrected chi connectivity index (χ4v) is 2.06. The molecule has 1 aromatic carbocycles. The maximum Gasteiger partial charge on any atom is 0.230 e. The minimum Gasteiger partial charge on any atom is -0.379 e. The molecule has 1 fully saturated rings. The number of amides is 1. The molecule has 0 bridgehead atoms. The molecule has 19 heavy (non-hydrogen) atoms. The fraction of sp³-hybridized carbons (Fsp3) is 0.429. The van der Waals surface area contributed by atoms with Gasteiger partial charge in [-0.1, -0.05) is 12.1 Å². The molecule has 0 saturated carbocycles. The Morgan fingerprint density at radius 3 is 3.11 bits per heavy atom. The van der Waals surface area contributed by atoms with Gasteiger partial charge in [-0.2, -0.15) is 5.26 Å². The number of carbonyl (C=O) groups is 1. The number of benzene rings is 1. The van der Waals surface area contributed by atoms with Crippen LogP contribution in [0.4, 0.5) is 0 Å². The summed E-state index contributed by atoms with van der Waals surface area (Å²) in [6.45, 7) is 2.95. The predicted molar refractivity (Wildman–Crippen MR) is 69.9 cm³/mol. The molecule has 3 N–H and O–H groups in total. The Morgan fingerprint density at radius 2 is 2.47 bits per heavy atom. The first-order valence-corrected chi connectivity index (χ1v) is 6.17. The van der Waals surface area contributed by atoms with E-state index in [2.05, 4.69) is 11.4 Å². The van der Waals surface area contributed by atoms with E-state index in [4.69, 9.17) is 15.7 Å². The largest absolute Gasteiger partial charge is 0.379 e. The van der Waals surface area contributed by atoms with Crippen LogP contribution in [0.15, 0.2) is 24.3 Å². The van der Waals surface area contributed by atoms with Crippen LogP contribution < -0.4 is 11.1 Å². The molecule has 2 rings (SSSR count). The van der Waals surface area contributed by atoms with Gasteiger partial charge in [0.2, 0.25) is 5.91 Å². The fourth-order valence-electron chi connectivity index (χ4n) is 2.06. The molecular formula is C14H17N3O2. The number of carbonyl (C=O) groups excluding carboxylic acids is 1. The highest BCUT2D eigenvalue weighted by Crippen LogP contribution is 2.27. The first-order chi connectivity index (χ1) is 9.06. The Morgan fingerprint density at radius 1 is 1.68 bits per heavy atom. The van der Waals surface area contributed by atoms with Gasteiger partial charge in [0, 0.05) is 12.6 Å². The molecule has 0 radical (unpaired) electrons. The third-order valence-electron chi connectivity index (χ3n) is 3.55. The SMILES string of the molecule is CC1(C(=O)NCc2cccc(C#N)c2)COCC1N. The summed E-state index contributed by atoms with van der Waals surface area (Å²) in [6, 6.07) is 8.95. The first-order valence-electron chi connectivity index (χ1n) is 6.17. The lowest BCUT2D eigenvalue weighted by atomic mass is 9.85. The van der Waals surface area contributed by atoms with Crippen LogP contribution in [-0.4, -0.2) is 25.2 Å². The van der Waals surface area contributed by atoms with E-state index >= 15 is 0 Å². The maximum absolute atomic E-state index is 12.2. The number of nitriles is 1. The number of hydrogen-bond acceptors (Lipinski definition) is 4. The van der Waals surface area contributed by atoms with Crippen molar-refractivity contribution in [3.63, 3.8) is 0 Å². The lowest BCUT2D eigenvalue weighted by Gasteiger charge is -2.25. The standard InChI is InChI=1S/C14H17N3O2/c1-14(9-19-8-12(14)16)13(18)17-7-11-4-2-3-10(5-11)6-15/h2-5,12H,7-9,16H2,1H3,(H,17,18). The van der Waals surface area contributed by atoms with Crippen LogP contribution in [-0.2, 0) is 16.1 Å². The molecule has 5 heteroatoms. The second-order valence-electron chi connectivity index (χ2n) is 5.03. The van der Waals surface area contributed by atoms with Gasteiger partial charge >= 0.3 is 0 Å². The van der Waals surface area contributed by atoms with E-state index in [1.165, 1.54) is 0 Å². The molecule has 2 unspecified atom stereocenters. The Labute approximate surface area is 112 Å². The van der Waals surface area contributed by atoms with Crippen molar-refractivity contribution in [1.29, 1.82) is 5.26 Å². The van der Waals surface area contributed by atoms with Gasteiger partial charge in [0.1, 0.15) is 0 Å². The van der Waals surface area contributed by atoms with E-state index in [0.29, 0.717) is 25.3 Å². The molecule has 1 aliphatic rings. The van der Waals surface area contributed by atoms with E-state index in [-0.39, 0.29) is 11.9 Å². The molecular weight excluding hydrogens is 242 g/mol. The maximum atomic E-state index is 12.2. The summed E-state index contributed by atoms with van der Waals surface area (Å²) in [5.41, 5.74) is 6.70. The first kappa shape index (κ1) is 13.5. The Balaban J connectivity index is 1.99. The van der Waals surface area contributed by atoms with Crippen LogP contribution in [0.25, 0.3) is 0 Å². The summed E-state index contributed by atoms with van der Waals surface area (Å²) in [7, 11) is 0. The number of hydrogen-bond donors (Lipinski definition) is 2. The number of nitrogens with zero attached hydrogens (tertiary/aromatic N) is 1. The second kappa shape index (κ2) is 5.39. The molecule has 1 heterocycles. The van der Waals surface area contributed by atoms with Gasteiger partial charge in [-0.3, -0.25) is 4.79 Å². The van der Waals surface area contributed by atoms with E-state index in [1.807, 2.05) is 13.0 Å². The second-order valence-corrected chi connectivity index (χ2v) is 5.03. The Bertz CT molecular complexity index is 524. The van der Waals surface area contributed by atoms with Gasteiger partial charge in [0.05, 0.1) is 30.3 Å². The highest BCUT2D eigenvalue weighted by Gasteiger charge is 2.44. The van der Waals surface area contributed by atoms with E-state index in [1.54, 1.807) is 18.2 Å². The van der Waals surface area contributed by atoms with E-state index < -0.39 is 5.41 Å². The third-order valence-corrected chi connectivity index (χ3v) is 3.55. The zero-order chi connectivity index (χ0) is 13.9. The highest BCUT2D eigenvalue weighted by atomic mass is 16.5. The van der Waals surface area contributed by atoms with E-state index in [9.17, 15) is 4.79 Å². The van der Waals surface area contributed by atoms with Gasteiger partial charge < -0.3 is 15.8 Å². The Hall–Kier alpha value is -1.90. The molecule has 100 valence electrons. The van der Waals surface area contributed by atoms with Crippen molar-refractivity contribution < 1.29 is 9.53 Å². The summed E-state index contributed by atoms with van der Waals surface area (Å²) in [5.74, 6) is -0.111. The summed E-state index contributed by atoms with van der Waals surface area (Å²) >= 11 is 0.